The fraction of sp³-hybridized carbons (Fsp3) is 0.333. The molecule has 0 bridgehead atoms. The first kappa shape index (κ1) is 22.9. The van der Waals surface area contributed by atoms with E-state index in [1.165, 1.54) is 17.8 Å². The van der Waals surface area contributed by atoms with Crippen LogP contribution in [0.5, 0.6) is 11.5 Å². The number of halogens is 2. The molecule has 1 saturated carbocycles. The number of aromatic hydroxyl groups is 1. The first-order valence-corrected chi connectivity index (χ1v) is 12.3. The summed E-state index contributed by atoms with van der Waals surface area (Å²) < 4.78 is 20.3. The Morgan fingerprint density at radius 2 is 2.03 bits per heavy atom. The fourth-order valence-electron chi connectivity index (χ4n) is 3.97. The van der Waals surface area contributed by atoms with Gasteiger partial charge in [0.1, 0.15) is 11.5 Å². The van der Waals surface area contributed by atoms with Gasteiger partial charge in [-0.1, -0.05) is 31.4 Å². The van der Waals surface area contributed by atoms with Gasteiger partial charge in [-0.15, -0.1) is 0 Å². The van der Waals surface area contributed by atoms with Gasteiger partial charge in [-0.05, 0) is 83.4 Å². The van der Waals surface area contributed by atoms with E-state index in [9.17, 15) is 14.3 Å². The molecule has 1 amide bonds. The largest absolute Gasteiger partial charge is 0.503 e. The molecule has 1 saturated heterocycles. The lowest BCUT2D eigenvalue weighted by molar-refractivity contribution is -0.124. The molecule has 0 atom stereocenters. The van der Waals surface area contributed by atoms with E-state index in [1.54, 1.807) is 41.3 Å². The van der Waals surface area contributed by atoms with E-state index in [0.717, 1.165) is 32.1 Å². The predicted octanol–water partition coefficient (Wildman–Crippen LogP) is 6.63. The van der Waals surface area contributed by atoms with Gasteiger partial charge in [0.2, 0.25) is 0 Å². The number of rotatable bonds is 5. The van der Waals surface area contributed by atoms with Crippen molar-refractivity contribution in [1.82, 2.24) is 4.90 Å². The van der Waals surface area contributed by atoms with Gasteiger partial charge in [-0.3, -0.25) is 9.69 Å². The van der Waals surface area contributed by atoms with Crippen molar-refractivity contribution in [2.45, 2.75) is 45.1 Å². The van der Waals surface area contributed by atoms with Crippen LogP contribution < -0.4 is 4.74 Å². The van der Waals surface area contributed by atoms with Crippen LogP contribution in [0.2, 0.25) is 0 Å². The smallest absolute Gasteiger partial charge is 0.267 e. The van der Waals surface area contributed by atoms with Gasteiger partial charge in [-0.2, -0.15) is 0 Å². The predicted molar refractivity (Wildman–Crippen MR) is 130 cm³/mol. The van der Waals surface area contributed by atoms with Gasteiger partial charge in [-0.25, -0.2) is 9.38 Å². The second-order valence-corrected chi connectivity index (χ2v) is 9.57. The Morgan fingerprint density at radius 1 is 1.28 bits per heavy atom. The summed E-state index contributed by atoms with van der Waals surface area (Å²) in [6.45, 7) is 2.24. The van der Waals surface area contributed by atoms with E-state index in [2.05, 4.69) is 20.9 Å². The summed E-state index contributed by atoms with van der Waals surface area (Å²) in [5.74, 6) is -0.185. The lowest BCUT2D eigenvalue weighted by Gasteiger charge is -2.30. The molecular weight excluding hydrogens is 495 g/mol. The van der Waals surface area contributed by atoms with Crippen molar-refractivity contribution >= 4 is 50.5 Å². The highest BCUT2D eigenvalue weighted by Gasteiger charge is 2.38. The number of para-hydroxylation sites is 1. The van der Waals surface area contributed by atoms with Crippen LogP contribution >= 0.6 is 27.7 Å². The molecule has 168 valence electrons. The molecular formula is C24H24BrFN2O3S. The van der Waals surface area contributed by atoms with Crippen molar-refractivity contribution in [2.24, 2.45) is 4.99 Å². The molecule has 0 aromatic heterocycles. The van der Waals surface area contributed by atoms with Crippen LogP contribution in [0, 0.1) is 5.82 Å². The minimum absolute atomic E-state index is 0.0186. The van der Waals surface area contributed by atoms with Gasteiger partial charge in [0.05, 0.1) is 16.0 Å². The zero-order valence-corrected chi connectivity index (χ0v) is 20.1. The molecule has 8 heteroatoms. The molecule has 1 aliphatic carbocycles. The van der Waals surface area contributed by atoms with E-state index in [-0.39, 0.29) is 23.4 Å². The number of aliphatic imine (C=N–C) groups is 1. The number of thioether (sulfide) groups is 1. The second-order valence-electron chi connectivity index (χ2n) is 7.71. The normalized spacial score (nSPS) is 19.8. The lowest BCUT2D eigenvalue weighted by Crippen LogP contribution is -2.40. The molecule has 2 aliphatic rings. The van der Waals surface area contributed by atoms with Crippen LogP contribution in [0.3, 0.4) is 0 Å². The van der Waals surface area contributed by atoms with E-state index in [4.69, 9.17) is 4.74 Å². The zero-order chi connectivity index (χ0) is 22.7. The molecule has 2 aromatic carbocycles. The minimum Gasteiger partial charge on any atom is -0.503 e. The molecule has 0 unspecified atom stereocenters. The van der Waals surface area contributed by atoms with Crippen molar-refractivity contribution in [3.63, 3.8) is 0 Å². The summed E-state index contributed by atoms with van der Waals surface area (Å²) in [5.41, 5.74) is 0.931. The van der Waals surface area contributed by atoms with E-state index in [0.29, 0.717) is 32.5 Å². The third kappa shape index (κ3) is 4.86. The highest BCUT2D eigenvalue weighted by atomic mass is 79.9. The topological polar surface area (TPSA) is 62.1 Å². The van der Waals surface area contributed by atoms with Crippen LogP contribution in [-0.2, 0) is 4.79 Å². The Hall–Kier alpha value is -2.32. The van der Waals surface area contributed by atoms with E-state index >= 15 is 0 Å². The number of nitrogens with zero attached hydrogens (tertiary/aromatic N) is 2. The van der Waals surface area contributed by atoms with Crippen LogP contribution in [-0.4, -0.2) is 33.7 Å². The molecule has 5 nitrogen and oxygen atoms in total. The minimum atomic E-state index is -0.419. The molecule has 1 aliphatic heterocycles. The Balaban J connectivity index is 1.73. The standard InChI is InChI=1S/C24H24BrFN2O3S/c1-2-31-20-13-15(12-17(25)22(20)29)14-21-23(30)28(16-8-4-3-5-9-16)24(32-21)27-19-11-7-6-10-18(19)26/h6-7,10-14,16,29H,2-5,8-9H2,1H3/b21-14-,27-24?. The second kappa shape index (κ2) is 10.1. The number of ether oxygens (including phenoxy) is 1. The number of carbonyl (C=O) groups excluding carboxylic acids is 1. The number of hydrogen-bond acceptors (Lipinski definition) is 5. The summed E-state index contributed by atoms with van der Waals surface area (Å²) >= 11 is 4.59. The van der Waals surface area contributed by atoms with E-state index in [1.807, 2.05) is 6.92 Å². The number of amides is 1. The Bertz CT molecular complexity index is 1080. The fourth-order valence-corrected chi connectivity index (χ4v) is 5.48. The number of benzene rings is 2. The highest BCUT2D eigenvalue weighted by Crippen LogP contribution is 2.41. The van der Waals surface area contributed by atoms with Gasteiger partial charge in [0.15, 0.2) is 16.7 Å². The maximum atomic E-state index is 14.3. The molecule has 0 spiro atoms. The maximum absolute atomic E-state index is 14.3. The number of amidine groups is 1. The molecule has 2 aromatic rings. The average molecular weight is 519 g/mol. The number of phenols is 1. The van der Waals surface area contributed by atoms with Crippen molar-refractivity contribution in [3.8, 4) is 11.5 Å². The molecule has 4 rings (SSSR count). The van der Waals surface area contributed by atoms with Crippen molar-refractivity contribution in [1.29, 1.82) is 0 Å². The number of carbonyl (C=O) groups is 1. The summed E-state index contributed by atoms with van der Waals surface area (Å²) in [5, 5.41) is 10.7. The van der Waals surface area contributed by atoms with Crippen LogP contribution in [0.15, 0.2) is 50.8 Å². The number of hydrogen-bond donors (Lipinski definition) is 1. The summed E-state index contributed by atoms with van der Waals surface area (Å²) in [6, 6.07) is 9.82. The van der Waals surface area contributed by atoms with Crippen molar-refractivity contribution in [3.05, 3.63) is 57.2 Å². The van der Waals surface area contributed by atoms with E-state index < -0.39 is 5.82 Å². The van der Waals surface area contributed by atoms with Crippen molar-refractivity contribution in [2.75, 3.05) is 6.61 Å². The molecule has 32 heavy (non-hydrogen) atoms. The molecule has 1 N–H and O–H groups in total. The quantitative estimate of drug-likeness (QED) is 0.451. The van der Waals surface area contributed by atoms with Crippen molar-refractivity contribution < 1.29 is 19.0 Å². The van der Waals surface area contributed by atoms with Crippen LogP contribution in [0.1, 0.15) is 44.6 Å². The van der Waals surface area contributed by atoms with Gasteiger partial charge >= 0.3 is 0 Å². The average Bonchev–Trinajstić information content (AvgIpc) is 3.08. The SMILES string of the molecule is CCOc1cc(/C=C2\SC(=Nc3ccccc3F)N(C3CCCCC3)C2=O)cc(Br)c1O. The summed E-state index contributed by atoms with van der Waals surface area (Å²) in [7, 11) is 0. The van der Waals surface area contributed by atoms with Crippen LogP contribution in [0.4, 0.5) is 10.1 Å². The molecule has 0 radical (unpaired) electrons. The van der Waals surface area contributed by atoms with Gasteiger partial charge in [0, 0.05) is 6.04 Å². The monoisotopic (exact) mass is 518 g/mol. The first-order valence-electron chi connectivity index (χ1n) is 10.7. The Labute approximate surface area is 199 Å². The highest BCUT2D eigenvalue weighted by molar-refractivity contribution is 9.10. The van der Waals surface area contributed by atoms with Gasteiger partial charge < -0.3 is 9.84 Å². The lowest BCUT2D eigenvalue weighted by atomic mass is 9.94. The Kier molecular flexibility index (Phi) is 7.20. The molecule has 2 fully saturated rings. The number of phenolic OH excluding ortho intramolecular Hbond substituents is 1. The summed E-state index contributed by atoms with van der Waals surface area (Å²) in [4.78, 5) is 20.2. The maximum Gasteiger partial charge on any atom is 0.267 e. The molecule has 1 heterocycles. The third-order valence-electron chi connectivity index (χ3n) is 5.49. The van der Waals surface area contributed by atoms with Crippen LogP contribution in [0.25, 0.3) is 6.08 Å². The Morgan fingerprint density at radius 3 is 2.75 bits per heavy atom. The van der Waals surface area contributed by atoms with Gasteiger partial charge in [0.25, 0.3) is 5.91 Å². The third-order valence-corrected chi connectivity index (χ3v) is 7.08. The zero-order valence-electron chi connectivity index (χ0n) is 17.7. The summed E-state index contributed by atoms with van der Waals surface area (Å²) in [6.07, 6.45) is 6.88. The first-order chi connectivity index (χ1) is 15.5.